The molecule has 0 bridgehead atoms. The number of hydrogen-bond acceptors (Lipinski definition) is 4. The van der Waals surface area contributed by atoms with Gasteiger partial charge in [-0.3, -0.25) is 0 Å². The molecule has 6 heteroatoms. The topological polar surface area (TPSA) is 48.4 Å². The fraction of sp³-hybridized carbons (Fsp3) is 0.444. The molecule has 4 nitrogen and oxygen atoms in total. The number of pyridine rings is 1. The smallest absolute Gasteiger partial charge is 1.00 e. The first kappa shape index (κ1) is 14.9. The fourth-order valence-corrected chi connectivity index (χ4v) is 1.60. The number of aryl methyl sites for hydroxylation is 1. The van der Waals surface area contributed by atoms with Gasteiger partial charge in [-0.25, -0.2) is 9.19 Å². The molecule has 0 aromatic carbocycles. The van der Waals surface area contributed by atoms with Gasteiger partial charge in [0.1, 0.15) is 5.75 Å². The van der Waals surface area contributed by atoms with Crippen LogP contribution >= 0.6 is 0 Å². The summed E-state index contributed by atoms with van der Waals surface area (Å²) in [5, 5.41) is 0. The molecule has 0 aliphatic carbocycles. The van der Waals surface area contributed by atoms with Gasteiger partial charge < -0.3 is 10.3 Å². The van der Waals surface area contributed by atoms with E-state index in [-0.39, 0.29) is 31.0 Å². The van der Waals surface area contributed by atoms with Gasteiger partial charge in [0.2, 0.25) is 17.0 Å². The molecule has 80 valence electrons. The summed E-state index contributed by atoms with van der Waals surface area (Å²) in [5.74, 6) is 1.08. The second kappa shape index (κ2) is 6.48. The molecular weight excluding hydrogens is 225 g/mol. The molecule has 1 rings (SSSR count). The van der Waals surface area contributed by atoms with E-state index in [0.717, 1.165) is 16.9 Å². The zero-order valence-corrected chi connectivity index (χ0v) is 12.5. The summed E-state index contributed by atoms with van der Waals surface area (Å²) in [6, 6.07) is 0. The Bertz CT molecular complexity index is 376. The van der Waals surface area contributed by atoms with Crippen LogP contribution in [0, 0.1) is 13.8 Å². The number of nitrogens with zero attached hydrogens (tertiary/aromatic N) is 1. The maximum atomic E-state index is 10.9. The van der Waals surface area contributed by atoms with E-state index in [0.29, 0.717) is 5.88 Å². The molecule has 0 aliphatic heterocycles. The molecule has 1 heterocycles. The van der Waals surface area contributed by atoms with Gasteiger partial charge in [-0.15, -0.1) is 0 Å². The van der Waals surface area contributed by atoms with Crippen molar-refractivity contribution >= 4 is 11.1 Å². The standard InChI is InChI=1S/C9H13NO3S.Na.H/c1-6-5-10-9(13-14(4)11)7(2)8(6)12-3;;/h5H,1-4H3;;/q;+1;-1. The molecule has 0 saturated carbocycles. The molecule has 0 radical (unpaired) electrons. The Balaban J connectivity index is 0. The van der Waals surface area contributed by atoms with Crippen molar-refractivity contribution in [3.05, 3.63) is 17.3 Å². The molecule has 0 N–H and O–H groups in total. The second-order valence-electron chi connectivity index (χ2n) is 2.89. The predicted octanol–water partition coefficient (Wildman–Crippen LogP) is -1.50. The minimum Gasteiger partial charge on any atom is -1.00 e. The maximum Gasteiger partial charge on any atom is 1.00 e. The molecular formula is C9H14NNaO3S. The summed E-state index contributed by atoms with van der Waals surface area (Å²) < 4.78 is 21.1. The Morgan fingerprint density at radius 1 is 1.47 bits per heavy atom. The average Bonchev–Trinajstić information content (AvgIpc) is 2.10. The normalized spacial score (nSPS) is 11.5. The number of hydrogen-bond donors (Lipinski definition) is 0. The van der Waals surface area contributed by atoms with Crippen molar-refractivity contribution in [1.29, 1.82) is 0 Å². The van der Waals surface area contributed by atoms with Gasteiger partial charge in [0.05, 0.1) is 12.7 Å². The van der Waals surface area contributed by atoms with E-state index in [2.05, 4.69) is 4.98 Å². The average molecular weight is 239 g/mol. The van der Waals surface area contributed by atoms with Crippen LogP contribution in [-0.2, 0) is 11.1 Å². The minimum atomic E-state index is -1.36. The van der Waals surface area contributed by atoms with Crippen molar-refractivity contribution in [2.45, 2.75) is 13.8 Å². The van der Waals surface area contributed by atoms with Gasteiger partial charge in [-0.05, 0) is 13.8 Å². The number of rotatable bonds is 3. The van der Waals surface area contributed by atoms with Crippen molar-refractivity contribution in [1.82, 2.24) is 4.98 Å². The Hall–Kier alpha value is -0.100. The molecule has 1 aromatic rings. The maximum absolute atomic E-state index is 10.9. The van der Waals surface area contributed by atoms with Crippen LogP contribution in [0.3, 0.4) is 0 Å². The van der Waals surface area contributed by atoms with E-state index in [1.807, 2.05) is 13.8 Å². The summed E-state index contributed by atoms with van der Waals surface area (Å²) in [6.45, 7) is 3.71. The largest absolute Gasteiger partial charge is 1.00 e. The van der Waals surface area contributed by atoms with Crippen molar-refractivity contribution < 1.29 is 44.1 Å². The first-order chi connectivity index (χ1) is 6.56. The third-order valence-electron chi connectivity index (χ3n) is 1.80. The van der Waals surface area contributed by atoms with Gasteiger partial charge >= 0.3 is 29.6 Å². The van der Waals surface area contributed by atoms with Crippen LogP contribution in [0.5, 0.6) is 11.6 Å². The minimum absolute atomic E-state index is 0. The zero-order valence-electron chi connectivity index (χ0n) is 10.7. The Kier molecular flexibility index (Phi) is 6.43. The molecule has 0 aliphatic rings. The number of methoxy groups -OCH3 is 1. The fourth-order valence-electron chi connectivity index (χ4n) is 1.21. The van der Waals surface area contributed by atoms with Crippen molar-refractivity contribution in [3.63, 3.8) is 0 Å². The molecule has 0 saturated heterocycles. The Morgan fingerprint density at radius 2 is 2.07 bits per heavy atom. The second-order valence-corrected chi connectivity index (χ2v) is 3.86. The van der Waals surface area contributed by atoms with Crippen LogP contribution in [0.1, 0.15) is 12.6 Å². The first-order valence-corrected chi connectivity index (χ1v) is 5.56. The van der Waals surface area contributed by atoms with Crippen LogP contribution in [0.25, 0.3) is 0 Å². The molecule has 0 amide bonds. The van der Waals surface area contributed by atoms with Crippen molar-refractivity contribution in [3.8, 4) is 11.6 Å². The van der Waals surface area contributed by atoms with Gasteiger partial charge in [0.15, 0.2) is 0 Å². The van der Waals surface area contributed by atoms with Gasteiger partial charge in [0, 0.05) is 18.0 Å². The van der Waals surface area contributed by atoms with Crippen LogP contribution in [-0.4, -0.2) is 22.6 Å². The number of aromatic nitrogens is 1. The monoisotopic (exact) mass is 239 g/mol. The van der Waals surface area contributed by atoms with Crippen LogP contribution in [0.15, 0.2) is 6.20 Å². The third kappa shape index (κ3) is 3.75. The van der Waals surface area contributed by atoms with Crippen LogP contribution < -0.4 is 38.5 Å². The molecule has 15 heavy (non-hydrogen) atoms. The van der Waals surface area contributed by atoms with E-state index < -0.39 is 11.1 Å². The molecule has 0 spiro atoms. The quantitative estimate of drug-likeness (QED) is 0.602. The summed E-state index contributed by atoms with van der Waals surface area (Å²) in [6.07, 6.45) is 3.08. The summed E-state index contributed by atoms with van der Waals surface area (Å²) in [7, 11) is 1.59. The van der Waals surface area contributed by atoms with Crippen molar-refractivity contribution in [2.75, 3.05) is 13.4 Å². The SMILES string of the molecule is COc1c(C)cnc(OS(C)=O)c1C.[H-].[Na+]. The first-order valence-electron chi connectivity index (χ1n) is 4.08. The van der Waals surface area contributed by atoms with Crippen molar-refractivity contribution in [2.24, 2.45) is 0 Å². The molecule has 1 aromatic heterocycles. The van der Waals surface area contributed by atoms with E-state index in [1.54, 1.807) is 13.3 Å². The van der Waals surface area contributed by atoms with E-state index in [1.165, 1.54) is 6.26 Å². The van der Waals surface area contributed by atoms with Gasteiger partial charge in [-0.2, -0.15) is 0 Å². The Labute approximate surface area is 116 Å². The Morgan fingerprint density at radius 3 is 2.53 bits per heavy atom. The van der Waals surface area contributed by atoms with Gasteiger partial charge in [0.25, 0.3) is 0 Å². The van der Waals surface area contributed by atoms with Crippen LogP contribution in [0.2, 0.25) is 0 Å². The van der Waals surface area contributed by atoms with E-state index in [4.69, 9.17) is 8.92 Å². The summed E-state index contributed by atoms with van der Waals surface area (Å²) in [4.78, 5) is 4.03. The zero-order chi connectivity index (χ0) is 10.7. The van der Waals surface area contributed by atoms with E-state index in [9.17, 15) is 4.21 Å². The summed E-state index contributed by atoms with van der Waals surface area (Å²) in [5.41, 5.74) is 1.70. The molecule has 1 unspecified atom stereocenters. The third-order valence-corrected chi connectivity index (χ3v) is 2.19. The molecule has 1 atom stereocenters. The predicted molar refractivity (Wildman–Crippen MR) is 56.1 cm³/mol. The van der Waals surface area contributed by atoms with Crippen LogP contribution in [0.4, 0.5) is 0 Å². The number of ether oxygens (including phenoxy) is 1. The van der Waals surface area contributed by atoms with Gasteiger partial charge in [-0.1, -0.05) is 0 Å². The molecule has 0 fully saturated rings. The summed E-state index contributed by atoms with van der Waals surface area (Å²) >= 11 is -1.36. The van der Waals surface area contributed by atoms with E-state index >= 15 is 0 Å².